The third-order valence-corrected chi connectivity index (χ3v) is 3.60. The van der Waals surface area contributed by atoms with Crippen molar-refractivity contribution in [2.45, 2.75) is 18.8 Å². The zero-order valence-electron chi connectivity index (χ0n) is 8.90. The van der Waals surface area contributed by atoms with E-state index in [9.17, 15) is 4.79 Å². The molecule has 0 bridgehead atoms. The molecule has 1 heterocycles. The number of nitrogens with zero attached hydrogens (tertiary/aromatic N) is 1. The maximum Gasteiger partial charge on any atom is 0.258 e. The van der Waals surface area contributed by atoms with Gasteiger partial charge in [0, 0.05) is 15.8 Å². The number of benzene rings is 1. The first-order valence-corrected chi connectivity index (χ1v) is 6.78. The summed E-state index contributed by atoms with van der Waals surface area (Å²) in [7, 11) is 0. The molecule has 1 atom stereocenters. The Morgan fingerprint density at radius 1 is 1.56 bits per heavy atom. The molecule has 0 saturated heterocycles. The summed E-state index contributed by atoms with van der Waals surface area (Å²) in [6, 6.07) is 5.82. The van der Waals surface area contributed by atoms with Gasteiger partial charge in [0.15, 0.2) is 0 Å². The largest absolute Gasteiger partial charge is 0.356 e. The molecule has 1 aliphatic heterocycles. The normalized spacial score (nSPS) is 19.3. The van der Waals surface area contributed by atoms with Crippen molar-refractivity contribution in [3.05, 3.63) is 27.3 Å². The van der Waals surface area contributed by atoms with E-state index in [0.29, 0.717) is 0 Å². The quantitative estimate of drug-likeness (QED) is 0.636. The van der Waals surface area contributed by atoms with Crippen LogP contribution in [-0.2, 0) is 0 Å². The number of amides is 1. The number of hydrogen-bond donors (Lipinski definition) is 2. The molecule has 0 aliphatic carbocycles. The Morgan fingerprint density at radius 2 is 2.31 bits per heavy atom. The number of carbonyl (C=O) groups is 1. The smallest absolute Gasteiger partial charge is 0.258 e. The van der Waals surface area contributed by atoms with Crippen LogP contribution in [0.25, 0.3) is 0 Å². The van der Waals surface area contributed by atoms with Crippen LogP contribution in [0.15, 0.2) is 18.2 Å². The molecule has 0 aromatic heterocycles. The van der Waals surface area contributed by atoms with Crippen molar-refractivity contribution in [1.82, 2.24) is 4.90 Å². The lowest BCUT2D eigenvalue weighted by Gasteiger charge is -2.35. The average Bonchev–Trinajstić information content (AvgIpc) is 2.26. The molecule has 1 aromatic carbocycles. The van der Waals surface area contributed by atoms with Crippen molar-refractivity contribution in [3.63, 3.8) is 0 Å². The van der Waals surface area contributed by atoms with Gasteiger partial charge < -0.3 is 10.2 Å². The second-order valence-electron chi connectivity index (χ2n) is 3.71. The molecule has 0 fully saturated rings. The van der Waals surface area contributed by atoms with Crippen LogP contribution in [0.2, 0.25) is 0 Å². The fourth-order valence-electron chi connectivity index (χ4n) is 1.77. The van der Waals surface area contributed by atoms with Gasteiger partial charge in [0.1, 0.15) is 5.50 Å². The molecule has 3 nitrogen and oxygen atoms in total. The molecule has 1 amide bonds. The maximum absolute atomic E-state index is 12.2. The number of anilines is 1. The van der Waals surface area contributed by atoms with Crippen LogP contribution < -0.4 is 5.32 Å². The monoisotopic (exact) mass is 348 g/mol. The number of rotatable bonds is 2. The number of halogens is 1. The number of thiol groups is 1. The van der Waals surface area contributed by atoms with Crippen molar-refractivity contribution < 1.29 is 4.79 Å². The van der Waals surface area contributed by atoms with E-state index >= 15 is 0 Å². The van der Waals surface area contributed by atoms with Crippen LogP contribution >= 0.6 is 35.2 Å². The second-order valence-corrected chi connectivity index (χ2v) is 5.44. The summed E-state index contributed by atoms with van der Waals surface area (Å²) in [4.78, 5) is 14.0. The van der Waals surface area contributed by atoms with Crippen LogP contribution in [0.1, 0.15) is 23.7 Å². The number of carbonyl (C=O) groups excluding carboxylic acids is 1. The van der Waals surface area contributed by atoms with Crippen LogP contribution in [-0.4, -0.2) is 22.8 Å². The van der Waals surface area contributed by atoms with Crippen molar-refractivity contribution in [3.8, 4) is 0 Å². The van der Waals surface area contributed by atoms with E-state index in [2.05, 4.69) is 47.5 Å². The molecule has 86 valence electrons. The lowest BCUT2D eigenvalue weighted by molar-refractivity contribution is 0.0741. The molecule has 1 aliphatic rings. The SMILES string of the molecule is CCCN1C(=O)c2cc(I)ccc2NC1S. The minimum atomic E-state index is -0.222. The minimum Gasteiger partial charge on any atom is -0.356 e. The number of fused-ring (bicyclic) bond motifs is 1. The van der Waals surface area contributed by atoms with Crippen LogP contribution in [0.4, 0.5) is 5.69 Å². The summed E-state index contributed by atoms with van der Waals surface area (Å²) >= 11 is 6.60. The van der Waals surface area contributed by atoms with Gasteiger partial charge in [-0.2, -0.15) is 0 Å². The second kappa shape index (κ2) is 4.83. The third kappa shape index (κ3) is 2.15. The van der Waals surface area contributed by atoms with Gasteiger partial charge >= 0.3 is 0 Å². The highest BCUT2D eigenvalue weighted by Gasteiger charge is 2.29. The van der Waals surface area contributed by atoms with Crippen LogP contribution in [0, 0.1) is 3.57 Å². The summed E-state index contributed by atoms with van der Waals surface area (Å²) in [6.45, 7) is 2.78. The lowest BCUT2D eigenvalue weighted by Crippen LogP contribution is -2.46. The highest BCUT2D eigenvalue weighted by Crippen LogP contribution is 2.28. The Morgan fingerprint density at radius 3 is 3.00 bits per heavy atom. The van der Waals surface area contributed by atoms with E-state index in [0.717, 1.165) is 27.8 Å². The zero-order valence-corrected chi connectivity index (χ0v) is 12.0. The molecule has 0 radical (unpaired) electrons. The molecule has 1 unspecified atom stereocenters. The molecule has 5 heteroatoms. The van der Waals surface area contributed by atoms with Crippen molar-refractivity contribution >= 4 is 46.8 Å². The predicted molar refractivity (Wildman–Crippen MR) is 76.9 cm³/mol. The van der Waals surface area contributed by atoms with E-state index in [1.165, 1.54) is 0 Å². The third-order valence-electron chi connectivity index (χ3n) is 2.52. The molecule has 1 aromatic rings. The van der Waals surface area contributed by atoms with Gasteiger partial charge in [-0.05, 0) is 47.2 Å². The van der Waals surface area contributed by atoms with Gasteiger partial charge in [-0.25, -0.2) is 0 Å². The van der Waals surface area contributed by atoms with Gasteiger partial charge in [0.25, 0.3) is 5.91 Å². The first-order chi connectivity index (χ1) is 7.63. The first kappa shape index (κ1) is 12.0. The summed E-state index contributed by atoms with van der Waals surface area (Å²) < 4.78 is 1.07. The summed E-state index contributed by atoms with van der Waals surface area (Å²) in [5, 5.41) is 3.22. The Bertz CT molecular complexity index is 424. The molecular formula is C11H13IN2OS. The summed E-state index contributed by atoms with van der Waals surface area (Å²) in [6.07, 6.45) is 0.934. The summed E-state index contributed by atoms with van der Waals surface area (Å²) in [5.41, 5.74) is 1.39. The fourth-order valence-corrected chi connectivity index (χ4v) is 2.62. The van der Waals surface area contributed by atoms with Crippen LogP contribution in [0.3, 0.4) is 0 Å². The maximum atomic E-state index is 12.2. The van der Waals surface area contributed by atoms with E-state index < -0.39 is 0 Å². The van der Waals surface area contributed by atoms with Crippen molar-refractivity contribution in [2.24, 2.45) is 0 Å². The van der Waals surface area contributed by atoms with Gasteiger partial charge in [-0.3, -0.25) is 4.79 Å². The first-order valence-electron chi connectivity index (χ1n) is 5.18. The molecule has 0 saturated carbocycles. The fraction of sp³-hybridized carbons (Fsp3) is 0.364. The topological polar surface area (TPSA) is 32.3 Å². The minimum absolute atomic E-state index is 0.0640. The van der Waals surface area contributed by atoms with E-state index in [-0.39, 0.29) is 11.4 Å². The molecular weight excluding hydrogens is 335 g/mol. The van der Waals surface area contributed by atoms with E-state index in [4.69, 9.17) is 0 Å². The van der Waals surface area contributed by atoms with Crippen molar-refractivity contribution in [1.29, 1.82) is 0 Å². The number of nitrogens with one attached hydrogen (secondary N) is 1. The Kier molecular flexibility index (Phi) is 3.63. The van der Waals surface area contributed by atoms with E-state index in [1.54, 1.807) is 4.90 Å². The Labute approximate surface area is 114 Å². The molecule has 0 spiro atoms. The Balaban J connectivity index is 2.38. The highest BCUT2D eigenvalue weighted by molar-refractivity contribution is 14.1. The average molecular weight is 348 g/mol. The van der Waals surface area contributed by atoms with Gasteiger partial charge in [-0.1, -0.05) is 6.92 Å². The van der Waals surface area contributed by atoms with Gasteiger partial charge in [-0.15, -0.1) is 12.6 Å². The van der Waals surface area contributed by atoms with Crippen LogP contribution in [0.5, 0.6) is 0 Å². The highest BCUT2D eigenvalue weighted by atomic mass is 127. The standard InChI is InChI=1S/C11H13IN2OS/c1-2-5-14-10(15)8-6-7(12)3-4-9(8)13-11(14)16/h3-4,6,11,13,16H,2,5H2,1H3. The molecule has 1 N–H and O–H groups in total. The van der Waals surface area contributed by atoms with E-state index in [1.807, 2.05) is 18.2 Å². The zero-order chi connectivity index (χ0) is 11.7. The summed E-state index contributed by atoms with van der Waals surface area (Å²) in [5.74, 6) is 0.0640. The van der Waals surface area contributed by atoms with Crippen molar-refractivity contribution in [2.75, 3.05) is 11.9 Å². The van der Waals surface area contributed by atoms with Gasteiger partial charge in [0.05, 0.1) is 5.56 Å². The predicted octanol–water partition coefficient (Wildman–Crippen LogP) is 2.78. The van der Waals surface area contributed by atoms with Gasteiger partial charge in [0.2, 0.25) is 0 Å². The molecule has 16 heavy (non-hydrogen) atoms. The molecule has 2 rings (SSSR count). The lowest BCUT2D eigenvalue weighted by atomic mass is 10.1. The number of hydrogen-bond acceptors (Lipinski definition) is 3. The Hall–Kier alpha value is -0.430.